The highest BCUT2D eigenvalue weighted by molar-refractivity contribution is 7.13. The number of hydrogen-bond donors (Lipinski definition) is 4. The quantitative estimate of drug-likeness (QED) is 0.278. The lowest BCUT2D eigenvalue weighted by Gasteiger charge is -2.28. The van der Waals surface area contributed by atoms with E-state index >= 15 is 0 Å². The Hall–Kier alpha value is -3.20. The molecule has 0 aliphatic rings. The molecule has 1 atom stereocenters. The molecule has 8 heteroatoms. The summed E-state index contributed by atoms with van der Waals surface area (Å²) in [6.07, 6.45) is 3.69. The molecule has 2 aromatic carbocycles. The number of rotatable bonds is 10. The number of aromatic nitrogens is 2. The number of carboxylic acids is 1. The maximum Gasteiger partial charge on any atom is 0.335 e. The normalized spacial score (nSPS) is 12.7. The van der Waals surface area contributed by atoms with E-state index in [1.54, 1.807) is 29.7 Å². The highest BCUT2D eigenvalue weighted by Gasteiger charge is 2.22. The molecule has 0 aliphatic carbocycles. The number of aliphatic hydroxyl groups excluding tert-OH is 1. The molecule has 2 heterocycles. The number of β-amino-alcohol motifs (C(OH)–C–C–N with tert-alkyl or cyclic N) is 1. The third kappa shape index (κ3) is 5.60. The summed E-state index contributed by atoms with van der Waals surface area (Å²) < 4.78 is 5.91. The zero-order valence-electron chi connectivity index (χ0n) is 18.5. The van der Waals surface area contributed by atoms with Gasteiger partial charge in [-0.3, -0.25) is 0 Å². The Labute approximate surface area is 196 Å². The SMILES string of the molecule is CC(C)(Cc1c[nH]c2cc(C(=O)O)ccc12)NC[C@H](O)COc1ccccc1-c1nccs1. The van der Waals surface area contributed by atoms with Gasteiger partial charge in [0, 0.05) is 40.8 Å². The molecule has 4 rings (SSSR count). The van der Waals surface area contributed by atoms with Gasteiger partial charge in [-0.15, -0.1) is 11.3 Å². The minimum absolute atomic E-state index is 0.163. The van der Waals surface area contributed by atoms with E-state index in [-0.39, 0.29) is 17.7 Å². The van der Waals surface area contributed by atoms with E-state index < -0.39 is 12.1 Å². The standard InChI is InChI=1S/C25H27N3O4S/c1-25(2,12-17-13-27-21-11-16(24(30)31)7-8-19(17)21)28-14-18(29)15-32-22-6-4-3-5-20(22)23-26-9-10-33-23/h3-11,13,18,27-29H,12,14-15H2,1-2H3,(H,30,31)/t18-/m0/s1. The molecule has 4 aromatic rings. The summed E-state index contributed by atoms with van der Waals surface area (Å²) in [6.45, 7) is 4.68. The zero-order chi connectivity index (χ0) is 23.4. The summed E-state index contributed by atoms with van der Waals surface area (Å²) in [5.41, 5.74) is 2.77. The molecule has 0 radical (unpaired) electrons. The topological polar surface area (TPSA) is 107 Å². The van der Waals surface area contributed by atoms with Crippen molar-refractivity contribution in [2.75, 3.05) is 13.2 Å². The molecule has 0 amide bonds. The highest BCUT2D eigenvalue weighted by Crippen LogP contribution is 2.31. The summed E-state index contributed by atoms with van der Waals surface area (Å²) in [5, 5.41) is 26.9. The van der Waals surface area contributed by atoms with Crippen LogP contribution in [0, 0.1) is 0 Å². The Morgan fingerprint density at radius 3 is 2.85 bits per heavy atom. The van der Waals surface area contributed by atoms with Crippen LogP contribution in [0.5, 0.6) is 5.75 Å². The molecule has 0 spiro atoms. The largest absolute Gasteiger partial charge is 0.490 e. The smallest absolute Gasteiger partial charge is 0.335 e. The summed E-state index contributed by atoms with van der Waals surface area (Å²) in [5.74, 6) is -0.245. The Morgan fingerprint density at radius 1 is 1.27 bits per heavy atom. The van der Waals surface area contributed by atoms with Gasteiger partial charge in [0.15, 0.2) is 0 Å². The van der Waals surface area contributed by atoms with Gasteiger partial charge >= 0.3 is 5.97 Å². The second-order valence-electron chi connectivity index (χ2n) is 8.62. The molecular weight excluding hydrogens is 438 g/mol. The molecular formula is C25H27N3O4S. The number of carboxylic acid groups (broad SMARTS) is 1. The van der Waals surface area contributed by atoms with Crippen LogP contribution in [0.1, 0.15) is 29.8 Å². The fourth-order valence-corrected chi connectivity index (χ4v) is 4.44. The van der Waals surface area contributed by atoms with E-state index in [2.05, 4.69) is 29.1 Å². The number of ether oxygens (including phenoxy) is 1. The van der Waals surface area contributed by atoms with Gasteiger partial charge in [-0.05, 0) is 50.1 Å². The lowest BCUT2D eigenvalue weighted by Crippen LogP contribution is -2.46. The molecule has 2 aromatic heterocycles. The van der Waals surface area contributed by atoms with Crippen LogP contribution in [0.4, 0.5) is 0 Å². The average Bonchev–Trinajstić information content (AvgIpc) is 3.46. The maximum atomic E-state index is 11.2. The first kappa shape index (κ1) is 23.0. The summed E-state index contributed by atoms with van der Waals surface area (Å²) in [4.78, 5) is 18.7. The minimum Gasteiger partial charge on any atom is -0.490 e. The van der Waals surface area contributed by atoms with Gasteiger partial charge in [-0.2, -0.15) is 0 Å². The number of benzene rings is 2. The number of fused-ring (bicyclic) bond motifs is 1. The molecule has 0 aliphatic heterocycles. The van der Waals surface area contributed by atoms with Crippen molar-refractivity contribution in [3.8, 4) is 16.3 Å². The van der Waals surface area contributed by atoms with E-state index in [4.69, 9.17) is 4.74 Å². The van der Waals surface area contributed by atoms with E-state index in [9.17, 15) is 15.0 Å². The van der Waals surface area contributed by atoms with Crippen LogP contribution in [0.15, 0.2) is 60.2 Å². The molecule has 0 bridgehead atoms. The number of nitrogens with one attached hydrogen (secondary N) is 2. The number of carbonyl (C=O) groups is 1. The first-order valence-corrected chi connectivity index (χ1v) is 11.6. The van der Waals surface area contributed by atoms with Crippen LogP contribution in [0.3, 0.4) is 0 Å². The van der Waals surface area contributed by atoms with Crippen LogP contribution in [0.2, 0.25) is 0 Å². The number of thiazole rings is 1. The number of hydrogen-bond acceptors (Lipinski definition) is 6. The summed E-state index contributed by atoms with van der Waals surface area (Å²) in [7, 11) is 0. The van der Waals surface area contributed by atoms with Gasteiger partial charge in [0.1, 0.15) is 23.5 Å². The van der Waals surface area contributed by atoms with Crippen molar-refractivity contribution in [2.45, 2.75) is 31.9 Å². The average molecular weight is 466 g/mol. The second kappa shape index (κ2) is 9.74. The number of H-pyrrole nitrogens is 1. The van der Waals surface area contributed by atoms with Crippen molar-refractivity contribution in [3.05, 3.63) is 71.4 Å². The fraction of sp³-hybridized carbons (Fsp3) is 0.280. The van der Waals surface area contributed by atoms with Crippen molar-refractivity contribution >= 4 is 28.2 Å². The molecule has 172 valence electrons. The van der Waals surface area contributed by atoms with E-state index in [0.717, 1.165) is 27.0 Å². The van der Waals surface area contributed by atoms with Crippen LogP contribution in [-0.2, 0) is 6.42 Å². The monoisotopic (exact) mass is 465 g/mol. The van der Waals surface area contributed by atoms with Crippen LogP contribution >= 0.6 is 11.3 Å². The summed E-state index contributed by atoms with van der Waals surface area (Å²) >= 11 is 1.54. The first-order valence-electron chi connectivity index (χ1n) is 10.7. The van der Waals surface area contributed by atoms with Crippen molar-refractivity contribution in [2.24, 2.45) is 0 Å². The predicted molar refractivity (Wildman–Crippen MR) is 130 cm³/mol. The zero-order valence-corrected chi connectivity index (χ0v) is 19.4. The van der Waals surface area contributed by atoms with Crippen molar-refractivity contribution in [1.82, 2.24) is 15.3 Å². The number of aromatic carboxylic acids is 1. The van der Waals surface area contributed by atoms with Gasteiger partial charge < -0.3 is 25.3 Å². The second-order valence-corrected chi connectivity index (χ2v) is 9.51. The van der Waals surface area contributed by atoms with Gasteiger partial charge in [0.05, 0.1) is 11.1 Å². The Balaban J connectivity index is 1.33. The Morgan fingerprint density at radius 2 is 2.09 bits per heavy atom. The fourth-order valence-electron chi connectivity index (χ4n) is 3.77. The number of para-hydroxylation sites is 1. The third-order valence-electron chi connectivity index (χ3n) is 5.44. The Bertz CT molecular complexity index is 1230. The maximum absolute atomic E-state index is 11.2. The van der Waals surface area contributed by atoms with Crippen LogP contribution in [-0.4, -0.2) is 50.9 Å². The third-order valence-corrected chi connectivity index (χ3v) is 6.25. The van der Waals surface area contributed by atoms with Gasteiger partial charge in [0.25, 0.3) is 0 Å². The first-order chi connectivity index (χ1) is 15.8. The van der Waals surface area contributed by atoms with Gasteiger partial charge in [0.2, 0.25) is 0 Å². The number of aliphatic hydroxyl groups is 1. The summed E-state index contributed by atoms with van der Waals surface area (Å²) in [6, 6.07) is 12.8. The molecule has 33 heavy (non-hydrogen) atoms. The van der Waals surface area contributed by atoms with Crippen molar-refractivity contribution in [1.29, 1.82) is 0 Å². The number of aromatic amines is 1. The molecule has 0 saturated heterocycles. The molecule has 4 N–H and O–H groups in total. The molecule has 7 nitrogen and oxygen atoms in total. The van der Waals surface area contributed by atoms with Crippen molar-refractivity contribution in [3.63, 3.8) is 0 Å². The predicted octanol–water partition coefficient (Wildman–Crippen LogP) is 4.34. The van der Waals surface area contributed by atoms with Crippen LogP contribution in [0.25, 0.3) is 21.5 Å². The van der Waals surface area contributed by atoms with Crippen molar-refractivity contribution < 1.29 is 19.7 Å². The van der Waals surface area contributed by atoms with Gasteiger partial charge in [-0.1, -0.05) is 18.2 Å². The lowest BCUT2D eigenvalue weighted by atomic mass is 9.94. The molecule has 0 fully saturated rings. The lowest BCUT2D eigenvalue weighted by molar-refractivity contribution is 0.0697. The highest BCUT2D eigenvalue weighted by atomic mass is 32.1. The van der Waals surface area contributed by atoms with E-state index in [1.807, 2.05) is 41.9 Å². The molecule has 0 unspecified atom stereocenters. The number of nitrogens with zero attached hydrogens (tertiary/aromatic N) is 1. The van der Waals surface area contributed by atoms with Crippen LogP contribution < -0.4 is 10.1 Å². The van der Waals surface area contributed by atoms with E-state index in [0.29, 0.717) is 18.7 Å². The van der Waals surface area contributed by atoms with Gasteiger partial charge in [-0.25, -0.2) is 9.78 Å². The van der Waals surface area contributed by atoms with E-state index in [1.165, 1.54) is 0 Å². The Kier molecular flexibility index (Phi) is 6.78. The molecule has 0 saturated carbocycles. The minimum atomic E-state index is -0.944.